The van der Waals surface area contributed by atoms with Crippen LogP contribution in [0.15, 0.2) is 53.8 Å². The number of rotatable bonds is 3. The van der Waals surface area contributed by atoms with Crippen LogP contribution in [-0.2, 0) is 6.18 Å². The van der Waals surface area contributed by atoms with Gasteiger partial charge in [0.2, 0.25) is 0 Å². The summed E-state index contributed by atoms with van der Waals surface area (Å²) in [5.74, 6) is -0.601. The summed E-state index contributed by atoms with van der Waals surface area (Å²) in [6, 6.07) is 9.67. The van der Waals surface area contributed by atoms with Crippen molar-refractivity contribution in [2.75, 3.05) is 0 Å². The molecule has 0 saturated carbocycles. The number of aromatic nitrogens is 1. The standard InChI is InChI=1S/C14H10F3N3O/c15-14(16,17)11-6-2-1-5-10(11)9-19-20-13(21)12-7-3-4-8-18-12/h1-9H,(H,20,21)/b19-9-. The maximum Gasteiger partial charge on any atom is 0.417 e. The molecule has 1 N–H and O–H groups in total. The lowest BCUT2D eigenvalue weighted by molar-refractivity contribution is -0.137. The summed E-state index contributed by atoms with van der Waals surface area (Å²) in [4.78, 5) is 15.4. The van der Waals surface area contributed by atoms with Gasteiger partial charge in [0.15, 0.2) is 0 Å². The first-order valence-electron chi connectivity index (χ1n) is 5.89. The highest BCUT2D eigenvalue weighted by molar-refractivity contribution is 5.93. The van der Waals surface area contributed by atoms with Crippen LogP contribution in [0.4, 0.5) is 13.2 Å². The van der Waals surface area contributed by atoms with E-state index < -0.39 is 17.6 Å². The first-order chi connectivity index (χ1) is 9.98. The van der Waals surface area contributed by atoms with Gasteiger partial charge in [-0.05, 0) is 18.2 Å². The SMILES string of the molecule is O=C(N/N=C\c1ccccc1C(F)(F)F)c1ccccn1. The van der Waals surface area contributed by atoms with E-state index in [-0.39, 0.29) is 11.3 Å². The highest BCUT2D eigenvalue weighted by atomic mass is 19.4. The molecular weight excluding hydrogens is 283 g/mol. The average molecular weight is 293 g/mol. The first-order valence-corrected chi connectivity index (χ1v) is 5.89. The zero-order valence-electron chi connectivity index (χ0n) is 10.6. The van der Waals surface area contributed by atoms with Crippen molar-refractivity contribution < 1.29 is 18.0 Å². The Bertz CT molecular complexity index is 654. The summed E-state index contributed by atoms with van der Waals surface area (Å²) in [6.07, 6.45) is -2.10. The molecule has 0 unspecified atom stereocenters. The van der Waals surface area contributed by atoms with E-state index in [1.165, 1.54) is 30.5 Å². The molecule has 0 bridgehead atoms. The van der Waals surface area contributed by atoms with Crippen LogP contribution < -0.4 is 5.43 Å². The second kappa shape index (κ2) is 6.17. The first kappa shape index (κ1) is 14.7. The van der Waals surface area contributed by atoms with Crippen molar-refractivity contribution in [1.82, 2.24) is 10.4 Å². The van der Waals surface area contributed by atoms with Gasteiger partial charge in [0.05, 0.1) is 11.8 Å². The van der Waals surface area contributed by atoms with Crippen molar-refractivity contribution in [3.05, 3.63) is 65.5 Å². The summed E-state index contributed by atoms with van der Waals surface area (Å²) < 4.78 is 38.2. The van der Waals surface area contributed by atoms with Crippen molar-refractivity contribution in [2.45, 2.75) is 6.18 Å². The second-order valence-electron chi connectivity index (χ2n) is 4.00. The van der Waals surface area contributed by atoms with Crippen molar-refractivity contribution >= 4 is 12.1 Å². The molecule has 0 aliphatic carbocycles. The Morgan fingerprint density at radius 1 is 1.14 bits per heavy atom. The highest BCUT2D eigenvalue weighted by Gasteiger charge is 2.32. The van der Waals surface area contributed by atoms with Gasteiger partial charge < -0.3 is 0 Å². The van der Waals surface area contributed by atoms with Gasteiger partial charge >= 0.3 is 6.18 Å². The Labute approximate surface area is 118 Å². The number of amides is 1. The van der Waals surface area contributed by atoms with E-state index in [1.54, 1.807) is 12.1 Å². The van der Waals surface area contributed by atoms with E-state index >= 15 is 0 Å². The van der Waals surface area contributed by atoms with E-state index in [2.05, 4.69) is 15.5 Å². The molecule has 2 rings (SSSR count). The summed E-state index contributed by atoms with van der Waals surface area (Å²) in [7, 11) is 0. The predicted octanol–water partition coefficient (Wildman–Crippen LogP) is 2.86. The lowest BCUT2D eigenvalue weighted by atomic mass is 10.1. The Hall–Kier alpha value is -2.70. The summed E-state index contributed by atoms with van der Waals surface area (Å²) in [6.45, 7) is 0. The smallest absolute Gasteiger partial charge is 0.266 e. The Kier molecular flexibility index (Phi) is 4.32. The number of hydrogen-bond donors (Lipinski definition) is 1. The molecule has 0 spiro atoms. The molecule has 0 radical (unpaired) electrons. The Balaban J connectivity index is 2.11. The fourth-order valence-corrected chi connectivity index (χ4v) is 1.58. The zero-order valence-corrected chi connectivity index (χ0v) is 10.6. The minimum absolute atomic E-state index is 0.124. The molecular formula is C14H10F3N3O. The van der Waals surface area contributed by atoms with E-state index in [1.807, 2.05) is 0 Å². The maximum atomic E-state index is 12.7. The van der Waals surface area contributed by atoms with Crippen LogP contribution in [0.5, 0.6) is 0 Å². The third-order valence-electron chi connectivity index (χ3n) is 2.53. The minimum atomic E-state index is -4.48. The van der Waals surface area contributed by atoms with Crippen LogP contribution >= 0.6 is 0 Å². The molecule has 0 atom stereocenters. The van der Waals surface area contributed by atoms with E-state index in [4.69, 9.17) is 0 Å². The maximum absolute atomic E-state index is 12.7. The van der Waals surface area contributed by atoms with Gasteiger partial charge in [-0.25, -0.2) is 5.43 Å². The third-order valence-corrected chi connectivity index (χ3v) is 2.53. The number of hydrazone groups is 1. The molecule has 0 aliphatic rings. The van der Waals surface area contributed by atoms with Gasteiger partial charge in [-0.15, -0.1) is 0 Å². The summed E-state index contributed by atoms with van der Waals surface area (Å²) in [5, 5.41) is 3.53. The number of benzene rings is 1. The molecule has 0 fully saturated rings. The van der Waals surface area contributed by atoms with Crippen LogP contribution in [0.25, 0.3) is 0 Å². The molecule has 1 aromatic heterocycles. The molecule has 0 saturated heterocycles. The molecule has 2 aromatic rings. The highest BCUT2D eigenvalue weighted by Crippen LogP contribution is 2.30. The number of carbonyl (C=O) groups excluding carboxylic acids is 1. The lowest BCUT2D eigenvalue weighted by Crippen LogP contribution is -2.19. The number of hydrogen-bond acceptors (Lipinski definition) is 3. The largest absolute Gasteiger partial charge is 0.417 e. The predicted molar refractivity (Wildman–Crippen MR) is 70.7 cm³/mol. The van der Waals surface area contributed by atoms with Gasteiger partial charge in [0.25, 0.3) is 5.91 Å². The summed E-state index contributed by atoms with van der Waals surface area (Å²) >= 11 is 0. The van der Waals surface area contributed by atoms with Crippen LogP contribution in [0.1, 0.15) is 21.6 Å². The Morgan fingerprint density at radius 3 is 2.52 bits per heavy atom. The molecule has 4 nitrogen and oxygen atoms in total. The normalized spacial score (nSPS) is 11.6. The number of alkyl halides is 3. The van der Waals surface area contributed by atoms with Gasteiger partial charge in [-0.1, -0.05) is 24.3 Å². The van der Waals surface area contributed by atoms with Gasteiger partial charge in [-0.2, -0.15) is 18.3 Å². The van der Waals surface area contributed by atoms with E-state index in [9.17, 15) is 18.0 Å². The molecule has 108 valence electrons. The monoisotopic (exact) mass is 293 g/mol. The van der Waals surface area contributed by atoms with Crippen molar-refractivity contribution in [1.29, 1.82) is 0 Å². The van der Waals surface area contributed by atoms with Crippen molar-refractivity contribution in [3.63, 3.8) is 0 Å². The van der Waals surface area contributed by atoms with Gasteiger partial charge in [0.1, 0.15) is 5.69 Å². The number of nitrogens with zero attached hydrogens (tertiary/aromatic N) is 2. The molecule has 1 aromatic carbocycles. The second-order valence-corrected chi connectivity index (χ2v) is 4.00. The minimum Gasteiger partial charge on any atom is -0.266 e. The van der Waals surface area contributed by atoms with E-state index in [0.29, 0.717) is 0 Å². The van der Waals surface area contributed by atoms with Crippen LogP contribution in [0, 0.1) is 0 Å². The number of carbonyl (C=O) groups is 1. The fraction of sp³-hybridized carbons (Fsp3) is 0.0714. The number of nitrogens with one attached hydrogen (secondary N) is 1. The number of pyridine rings is 1. The van der Waals surface area contributed by atoms with Crippen LogP contribution in [-0.4, -0.2) is 17.1 Å². The molecule has 1 heterocycles. The number of halogens is 3. The van der Waals surface area contributed by atoms with Crippen LogP contribution in [0.3, 0.4) is 0 Å². The topological polar surface area (TPSA) is 54.4 Å². The zero-order chi connectivity index (χ0) is 15.3. The molecule has 7 heteroatoms. The fourth-order valence-electron chi connectivity index (χ4n) is 1.58. The van der Waals surface area contributed by atoms with E-state index in [0.717, 1.165) is 12.3 Å². The quantitative estimate of drug-likeness (QED) is 0.699. The van der Waals surface area contributed by atoms with Crippen LogP contribution in [0.2, 0.25) is 0 Å². The van der Waals surface area contributed by atoms with Crippen molar-refractivity contribution in [2.24, 2.45) is 5.10 Å². The summed E-state index contributed by atoms with van der Waals surface area (Å²) in [5.41, 5.74) is 1.30. The average Bonchev–Trinajstić information content (AvgIpc) is 2.47. The van der Waals surface area contributed by atoms with Gasteiger partial charge in [-0.3, -0.25) is 9.78 Å². The molecule has 21 heavy (non-hydrogen) atoms. The Morgan fingerprint density at radius 2 is 1.86 bits per heavy atom. The molecule has 0 aliphatic heterocycles. The lowest BCUT2D eigenvalue weighted by Gasteiger charge is -2.09. The van der Waals surface area contributed by atoms with Gasteiger partial charge in [0, 0.05) is 11.8 Å². The third kappa shape index (κ3) is 3.88. The van der Waals surface area contributed by atoms with Crippen molar-refractivity contribution in [3.8, 4) is 0 Å². The molecule has 1 amide bonds.